The molecule has 0 saturated carbocycles. The zero-order chi connectivity index (χ0) is 11.1. The minimum atomic E-state index is -1.17. The molecule has 5 N–H and O–H groups in total. The van der Waals surface area contributed by atoms with E-state index in [-0.39, 0.29) is 13.0 Å². The Labute approximate surface area is 82.1 Å². The van der Waals surface area contributed by atoms with Crippen LogP contribution in [-0.4, -0.2) is 40.8 Å². The number of carbonyl (C=O) groups is 2. The van der Waals surface area contributed by atoms with Gasteiger partial charge in [0.25, 0.3) is 0 Å². The maximum Gasteiger partial charge on any atom is 0.326 e. The Hall–Kier alpha value is -1.14. The first-order valence-electron chi connectivity index (χ1n) is 4.42. The first kappa shape index (κ1) is 12.9. The number of aliphatic hydroxyl groups excluding tert-OH is 1. The molecule has 0 heterocycles. The van der Waals surface area contributed by atoms with Crippen molar-refractivity contribution >= 4 is 11.9 Å². The molecule has 6 heteroatoms. The fourth-order valence-corrected chi connectivity index (χ4v) is 0.851. The second kappa shape index (κ2) is 6.33. The first-order valence-corrected chi connectivity index (χ1v) is 4.42. The third kappa shape index (κ3) is 4.20. The summed E-state index contributed by atoms with van der Waals surface area (Å²) in [5, 5.41) is 19.4. The van der Waals surface area contributed by atoms with Crippen molar-refractivity contribution in [1.82, 2.24) is 5.32 Å². The largest absolute Gasteiger partial charge is 0.480 e. The van der Waals surface area contributed by atoms with Crippen molar-refractivity contribution in [2.75, 3.05) is 6.61 Å². The standard InChI is InChI=1S/C8H16N2O4/c1-2-5(9)7(12)10-6(3-4-11)8(13)14/h5-6,11H,2-4,9H2,1H3,(H,10,12)(H,13,14)/t5-,6?/m1/s1. The van der Waals surface area contributed by atoms with Crippen LogP contribution >= 0.6 is 0 Å². The van der Waals surface area contributed by atoms with E-state index in [1.54, 1.807) is 6.92 Å². The van der Waals surface area contributed by atoms with Gasteiger partial charge in [0.1, 0.15) is 6.04 Å². The summed E-state index contributed by atoms with van der Waals surface area (Å²) in [7, 11) is 0. The average molecular weight is 204 g/mol. The summed E-state index contributed by atoms with van der Waals surface area (Å²) in [4.78, 5) is 21.8. The highest BCUT2D eigenvalue weighted by atomic mass is 16.4. The van der Waals surface area contributed by atoms with E-state index in [4.69, 9.17) is 15.9 Å². The van der Waals surface area contributed by atoms with Gasteiger partial charge in [0, 0.05) is 13.0 Å². The van der Waals surface area contributed by atoms with Gasteiger partial charge in [-0.3, -0.25) is 4.79 Å². The van der Waals surface area contributed by atoms with Crippen LogP contribution in [0.3, 0.4) is 0 Å². The minimum Gasteiger partial charge on any atom is -0.480 e. The number of amides is 1. The van der Waals surface area contributed by atoms with Crippen LogP contribution in [0, 0.1) is 0 Å². The molecule has 0 aliphatic rings. The first-order chi connectivity index (χ1) is 6.52. The molecule has 0 radical (unpaired) electrons. The van der Waals surface area contributed by atoms with Crippen LogP contribution in [0.25, 0.3) is 0 Å². The smallest absolute Gasteiger partial charge is 0.326 e. The van der Waals surface area contributed by atoms with E-state index in [1.165, 1.54) is 0 Å². The molecule has 2 atom stereocenters. The number of carboxylic acid groups (broad SMARTS) is 1. The molecular formula is C8H16N2O4. The minimum absolute atomic E-state index is 0.0164. The summed E-state index contributed by atoms with van der Waals surface area (Å²) in [6.07, 6.45) is 0.425. The van der Waals surface area contributed by atoms with Gasteiger partial charge in [-0.15, -0.1) is 0 Å². The number of rotatable bonds is 6. The van der Waals surface area contributed by atoms with Gasteiger partial charge >= 0.3 is 5.97 Å². The van der Waals surface area contributed by atoms with E-state index in [1.807, 2.05) is 0 Å². The van der Waals surface area contributed by atoms with Gasteiger partial charge in [-0.25, -0.2) is 4.79 Å². The van der Waals surface area contributed by atoms with Gasteiger partial charge < -0.3 is 21.3 Å². The number of nitrogens with two attached hydrogens (primary N) is 1. The molecule has 0 aromatic heterocycles. The van der Waals surface area contributed by atoms with Gasteiger partial charge in [-0.05, 0) is 6.42 Å². The highest BCUT2D eigenvalue weighted by Crippen LogP contribution is 1.94. The number of carboxylic acids is 1. The number of hydrogen-bond acceptors (Lipinski definition) is 4. The van der Waals surface area contributed by atoms with Crippen LogP contribution < -0.4 is 11.1 Å². The quantitative estimate of drug-likeness (QED) is 0.428. The SMILES string of the molecule is CC[C@@H](N)C(=O)NC(CCO)C(=O)O. The highest BCUT2D eigenvalue weighted by Gasteiger charge is 2.21. The van der Waals surface area contributed by atoms with Gasteiger partial charge in [0.05, 0.1) is 6.04 Å². The maximum absolute atomic E-state index is 11.2. The fraction of sp³-hybridized carbons (Fsp3) is 0.750. The lowest BCUT2D eigenvalue weighted by Crippen LogP contribution is -2.48. The Kier molecular flexibility index (Phi) is 5.82. The van der Waals surface area contributed by atoms with Crippen LogP contribution in [0.1, 0.15) is 19.8 Å². The van der Waals surface area contributed by atoms with Crippen molar-refractivity contribution in [3.63, 3.8) is 0 Å². The van der Waals surface area contributed by atoms with Crippen molar-refractivity contribution in [2.24, 2.45) is 5.73 Å². The lowest BCUT2D eigenvalue weighted by molar-refractivity contribution is -0.142. The van der Waals surface area contributed by atoms with Crippen LogP contribution in [0.2, 0.25) is 0 Å². The molecule has 0 rings (SSSR count). The van der Waals surface area contributed by atoms with Crippen molar-refractivity contribution in [3.05, 3.63) is 0 Å². The van der Waals surface area contributed by atoms with E-state index < -0.39 is 24.0 Å². The van der Waals surface area contributed by atoms with E-state index in [2.05, 4.69) is 5.32 Å². The Morgan fingerprint density at radius 3 is 2.43 bits per heavy atom. The topological polar surface area (TPSA) is 113 Å². The Bertz CT molecular complexity index is 208. The lowest BCUT2D eigenvalue weighted by atomic mass is 10.1. The van der Waals surface area contributed by atoms with Crippen LogP contribution in [0.5, 0.6) is 0 Å². The molecular weight excluding hydrogens is 188 g/mol. The van der Waals surface area contributed by atoms with Crippen molar-refractivity contribution < 1.29 is 19.8 Å². The summed E-state index contributed by atoms with van der Waals surface area (Å²) < 4.78 is 0. The molecule has 14 heavy (non-hydrogen) atoms. The Morgan fingerprint density at radius 2 is 2.07 bits per heavy atom. The van der Waals surface area contributed by atoms with Crippen LogP contribution in [-0.2, 0) is 9.59 Å². The second-order valence-corrected chi connectivity index (χ2v) is 2.93. The third-order valence-electron chi connectivity index (χ3n) is 1.81. The third-order valence-corrected chi connectivity index (χ3v) is 1.81. The summed E-state index contributed by atoms with van der Waals surface area (Å²) in [5.74, 6) is -1.68. The number of nitrogens with one attached hydrogen (secondary N) is 1. The Morgan fingerprint density at radius 1 is 1.50 bits per heavy atom. The summed E-state index contributed by atoms with van der Waals surface area (Å²) in [6.45, 7) is 1.44. The number of hydrogen-bond donors (Lipinski definition) is 4. The monoisotopic (exact) mass is 204 g/mol. The summed E-state index contributed by atoms with van der Waals surface area (Å²) in [6, 6.07) is -1.76. The summed E-state index contributed by atoms with van der Waals surface area (Å²) >= 11 is 0. The molecule has 0 bridgehead atoms. The van der Waals surface area contributed by atoms with Crippen molar-refractivity contribution in [1.29, 1.82) is 0 Å². The zero-order valence-corrected chi connectivity index (χ0v) is 8.06. The van der Waals surface area contributed by atoms with Gasteiger partial charge in [0.15, 0.2) is 0 Å². The number of aliphatic carboxylic acids is 1. The predicted octanol–water partition coefficient (Wildman–Crippen LogP) is -1.32. The van der Waals surface area contributed by atoms with Gasteiger partial charge in [0.2, 0.25) is 5.91 Å². The van der Waals surface area contributed by atoms with E-state index >= 15 is 0 Å². The molecule has 82 valence electrons. The molecule has 1 unspecified atom stereocenters. The Balaban J connectivity index is 4.15. The lowest BCUT2D eigenvalue weighted by Gasteiger charge is -2.15. The molecule has 0 fully saturated rings. The van der Waals surface area contributed by atoms with Crippen molar-refractivity contribution in [2.45, 2.75) is 31.8 Å². The van der Waals surface area contributed by atoms with E-state index in [0.29, 0.717) is 6.42 Å². The van der Waals surface area contributed by atoms with Gasteiger partial charge in [-0.2, -0.15) is 0 Å². The molecule has 6 nitrogen and oxygen atoms in total. The number of aliphatic hydroxyl groups is 1. The molecule has 0 aliphatic carbocycles. The van der Waals surface area contributed by atoms with E-state index in [0.717, 1.165) is 0 Å². The summed E-state index contributed by atoms with van der Waals surface area (Å²) in [5.41, 5.74) is 5.39. The highest BCUT2D eigenvalue weighted by molar-refractivity contribution is 5.86. The molecule has 0 aromatic carbocycles. The molecule has 0 aromatic rings. The van der Waals surface area contributed by atoms with Gasteiger partial charge in [-0.1, -0.05) is 6.92 Å². The number of carbonyl (C=O) groups excluding carboxylic acids is 1. The predicted molar refractivity (Wildman–Crippen MR) is 49.5 cm³/mol. The average Bonchev–Trinajstić information content (AvgIpc) is 2.15. The van der Waals surface area contributed by atoms with Crippen LogP contribution in [0.4, 0.5) is 0 Å². The molecule has 0 saturated heterocycles. The molecule has 0 spiro atoms. The fourth-order valence-electron chi connectivity index (χ4n) is 0.851. The van der Waals surface area contributed by atoms with Crippen LogP contribution in [0.15, 0.2) is 0 Å². The normalized spacial score (nSPS) is 14.5. The maximum atomic E-state index is 11.2. The molecule has 1 amide bonds. The second-order valence-electron chi connectivity index (χ2n) is 2.93. The zero-order valence-electron chi connectivity index (χ0n) is 8.06. The van der Waals surface area contributed by atoms with Crippen molar-refractivity contribution in [3.8, 4) is 0 Å². The molecule has 0 aliphatic heterocycles. The van der Waals surface area contributed by atoms with E-state index in [9.17, 15) is 9.59 Å².